The minimum absolute atomic E-state index is 0.218. The third-order valence-electron chi connectivity index (χ3n) is 5.95. The van der Waals surface area contributed by atoms with Crippen LogP contribution in [0.25, 0.3) is 11.0 Å². The molecule has 3 aromatic rings. The summed E-state index contributed by atoms with van der Waals surface area (Å²) in [5.41, 5.74) is 2.60. The molecule has 2 aromatic carbocycles. The fourth-order valence-corrected chi connectivity index (χ4v) is 4.25. The van der Waals surface area contributed by atoms with E-state index in [1.807, 2.05) is 19.1 Å². The second kappa shape index (κ2) is 9.31. The number of H-pyrrole nitrogens is 1. The number of carbonyl (C=O) groups excluding carboxylic acids is 1. The van der Waals surface area contributed by atoms with E-state index in [0.29, 0.717) is 29.7 Å². The highest BCUT2D eigenvalue weighted by Crippen LogP contribution is 2.17. The van der Waals surface area contributed by atoms with Crippen LogP contribution in [0.15, 0.2) is 52.1 Å². The Morgan fingerprint density at radius 1 is 1.03 bits per heavy atom. The van der Waals surface area contributed by atoms with Gasteiger partial charge >= 0.3 is 11.1 Å². The highest BCUT2D eigenvalue weighted by molar-refractivity contribution is 5.97. The third kappa shape index (κ3) is 4.61. The molecule has 2 N–H and O–H groups in total. The molecular weight excluding hydrogens is 392 g/mol. The van der Waals surface area contributed by atoms with Gasteiger partial charge in [-0.05, 0) is 62.2 Å². The van der Waals surface area contributed by atoms with Crippen molar-refractivity contribution in [2.24, 2.45) is 0 Å². The molecule has 0 aliphatic carbocycles. The molecule has 0 spiro atoms. The Morgan fingerprint density at radius 2 is 1.77 bits per heavy atom. The molecule has 1 fully saturated rings. The van der Waals surface area contributed by atoms with Crippen molar-refractivity contribution in [3.63, 3.8) is 0 Å². The van der Waals surface area contributed by atoms with Crippen molar-refractivity contribution in [1.29, 1.82) is 0 Å². The number of piperidine rings is 1. The number of hydrogen-bond donors (Lipinski definition) is 2. The van der Waals surface area contributed by atoms with Gasteiger partial charge in [0.1, 0.15) is 0 Å². The lowest BCUT2D eigenvalue weighted by atomic mass is 10.0. The van der Waals surface area contributed by atoms with Crippen molar-refractivity contribution in [1.82, 2.24) is 19.8 Å². The molecule has 7 heteroatoms. The number of likely N-dealkylation sites (tertiary alicyclic amines) is 1. The van der Waals surface area contributed by atoms with E-state index in [2.05, 4.69) is 27.3 Å². The Labute approximate surface area is 180 Å². The zero-order chi connectivity index (χ0) is 21.8. The van der Waals surface area contributed by atoms with Crippen LogP contribution in [0.2, 0.25) is 0 Å². The first kappa shape index (κ1) is 21.1. The van der Waals surface area contributed by atoms with Crippen molar-refractivity contribution in [3.8, 4) is 0 Å². The molecule has 1 saturated heterocycles. The molecule has 162 valence electrons. The van der Waals surface area contributed by atoms with Crippen molar-refractivity contribution >= 4 is 16.9 Å². The Balaban J connectivity index is 1.50. The minimum Gasteiger partial charge on any atom is -0.348 e. The topological polar surface area (TPSA) is 87.2 Å². The lowest BCUT2D eigenvalue weighted by Gasteiger charge is -2.27. The number of rotatable bonds is 6. The molecule has 1 aliphatic heterocycles. The van der Waals surface area contributed by atoms with Gasteiger partial charge in [-0.2, -0.15) is 0 Å². The molecule has 2 heterocycles. The molecule has 7 nitrogen and oxygen atoms in total. The lowest BCUT2D eigenvalue weighted by Crippen LogP contribution is -2.36. The van der Waals surface area contributed by atoms with Gasteiger partial charge in [0.05, 0.1) is 11.0 Å². The number of fused-ring (bicyclic) bond motifs is 1. The first-order chi connectivity index (χ1) is 15.1. The number of hydrogen-bond acceptors (Lipinski definition) is 4. The fraction of sp³-hybridized carbons (Fsp3) is 0.375. The summed E-state index contributed by atoms with van der Waals surface area (Å²) in [6.45, 7) is 5.78. The van der Waals surface area contributed by atoms with E-state index >= 15 is 0 Å². The van der Waals surface area contributed by atoms with E-state index in [1.165, 1.54) is 29.4 Å². The van der Waals surface area contributed by atoms with Gasteiger partial charge in [-0.15, -0.1) is 0 Å². The van der Waals surface area contributed by atoms with Crippen LogP contribution in [-0.4, -0.2) is 33.4 Å². The van der Waals surface area contributed by atoms with Crippen LogP contribution >= 0.6 is 0 Å². The van der Waals surface area contributed by atoms with Crippen LogP contribution < -0.4 is 16.4 Å². The number of aromatic amines is 1. The average molecular weight is 421 g/mol. The van der Waals surface area contributed by atoms with Crippen LogP contribution in [0.5, 0.6) is 0 Å². The van der Waals surface area contributed by atoms with E-state index in [-0.39, 0.29) is 5.91 Å². The molecule has 0 saturated carbocycles. The second-order valence-corrected chi connectivity index (χ2v) is 8.02. The molecule has 0 atom stereocenters. The highest BCUT2D eigenvalue weighted by atomic mass is 16.2. The molecule has 0 bridgehead atoms. The first-order valence-corrected chi connectivity index (χ1v) is 10.9. The zero-order valence-corrected chi connectivity index (χ0v) is 17.8. The summed E-state index contributed by atoms with van der Waals surface area (Å²) in [6, 6.07) is 13.2. The molecular formula is C24H28N4O3. The van der Waals surface area contributed by atoms with Gasteiger partial charge in [-0.3, -0.25) is 19.3 Å². The summed E-state index contributed by atoms with van der Waals surface area (Å²) >= 11 is 0. The van der Waals surface area contributed by atoms with E-state index < -0.39 is 11.1 Å². The Kier molecular flexibility index (Phi) is 6.32. The number of nitrogens with zero attached hydrogens (tertiary/aromatic N) is 2. The summed E-state index contributed by atoms with van der Waals surface area (Å²) in [6.07, 6.45) is 3.79. The van der Waals surface area contributed by atoms with Gasteiger partial charge in [0.15, 0.2) is 0 Å². The van der Waals surface area contributed by atoms with Gasteiger partial charge in [0, 0.05) is 25.2 Å². The standard InChI is InChI=1S/C24H28N4O3/c1-2-28-21-11-10-17(14-20(21)26-23(30)24(28)31)22(29)25-15-18-8-4-5-9-19(18)16-27-12-6-3-7-13-27/h4-5,8-11,14H,2-3,6-7,12-13,15-16H2,1H3,(H,25,29)(H,26,30). The third-order valence-corrected chi connectivity index (χ3v) is 5.95. The van der Waals surface area contributed by atoms with Crippen molar-refractivity contribution < 1.29 is 4.79 Å². The van der Waals surface area contributed by atoms with Gasteiger partial charge < -0.3 is 14.9 Å². The Bertz CT molecular complexity index is 1210. The summed E-state index contributed by atoms with van der Waals surface area (Å²) in [7, 11) is 0. The van der Waals surface area contributed by atoms with Crippen LogP contribution in [0, 0.1) is 0 Å². The molecule has 0 unspecified atom stereocenters. The zero-order valence-electron chi connectivity index (χ0n) is 17.8. The van der Waals surface area contributed by atoms with Gasteiger partial charge in [0.25, 0.3) is 5.91 Å². The summed E-state index contributed by atoms with van der Waals surface area (Å²) in [4.78, 5) is 41.8. The number of amides is 1. The Hall–Kier alpha value is -3.19. The van der Waals surface area contributed by atoms with Gasteiger partial charge in [-0.25, -0.2) is 0 Å². The molecule has 31 heavy (non-hydrogen) atoms. The first-order valence-electron chi connectivity index (χ1n) is 10.9. The molecule has 1 amide bonds. The number of aryl methyl sites for hydroxylation is 1. The number of benzene rings is 2. The van der Waals surface area contributed by atoms with E-state index in [4.69, 9.17) is 0 Å². The smallest absolute Gasteiger partial charge is 0.316 e. The number of nitrogens with one attached hydrogen (secondary N) is 2. The van der Waals surface area contributed by atoms with Crippen LogP contribution in [-0.2, 0) is 19.6 Å². The molecule has 4 rings (SSSR count). The predicted molar refractivity (Wildman–Crippen MR) is 121 cm³/mol. The fourth-order valence-electron chi connectivity index (χ4n) is 4.25. The maximum atomic E-state index is 12.8. The highest BCUT2D eigenvalue weighted by Gasteiger charge is 2.14. The van der Waals surface area contributed by atoms with Crippen LogP contribution in [0.1, 0.15) is 47.7 Å². The normalized spacial score (nSPS) is 14.6. The summed E-state index contributed by atoms with van der Waals surface area (Å²) < 4.78 is 1.41. The minimum atomic E-state index is -0.682. The summed E-state index contributed by atoms with van der Waals surface area (Å²) in [5.74, 6) is -0.218. The molecule has 1 aromatic heterocycles. The SMILES string of the molecule is CCn1c(=O)c(=O)[nH]c2cc(C(=O)NCc3ccccc3CN3CCCCC3)ccc21. The quantitative estimate of drug-likeness (QED) is 0.600. The van der Waals surface area contributed by atoms with Crippen molar-refractivity contribution in [3.05, 3.63) is 79.9 Å². The Morgan fingerprint density at radius 3 is 2.52 bits per heavy atom. The van der Waals surface area contributed by atoms with Crippen LogP contribution in [0.3, 0.4) is 0 Å². The maximum Gasteiger partial charge on any atom is 0.316 e. The number of aromatic nitrogens is 2. The average Bonchev–Trinajstić information content (AvgIpc) is 2.79. The lowest BCUT2D eigenvalue weighted by molar-refractivity contribution is 0.0951. The number of carbonyl (C=O) groups is 1. The monoisotopic (exact) mass is 420 g/mol. The second-order valence-electron chi connectivity index (χ2n) is 8.02. The van der Waals surface area contributed by atoms with E-state index in [1.54, 1.807) is 18.2 Å². The molecule has 0 radical (unpaired) electrons. The van der Waals surface area contributed by atoms with Crippen molar-refractivity contribution in [2.75, 3.05) is 13.1 Å². The van der Waals surface area contributed by atoms with E-state index in [9.17, 15) is 14.4 Å². The summed E-state index contributed by atoms with van der Waals surface area (Å²) in [5, 5.41) is 2.99. The van der Waals surface area contributed by atoms with Crippen LogP contribution in [0.4, 0.5) is 0 Å². The molecule has 1 aliphatic rings. The van der Waals surface area contributed by atoms with Gasteiger partial charge in [-0.1, -0.05) is 30.7 Å². The van der Waals surface area contributed by atoms with Gasteiger partial charge in [0.2, 0.25) is 0 Å². The maximum absolute atomic E-state index is 12.8. The van der Waals surface area contributed by atoms with Crippen molar-refractivity contribution in [2.45, 2.75) is 45.8 Å². The predicted octanol–water partition coefficient (Wildman–Crippen LogP) is 2.63. The largest absolute Gasteiger partial charge is 0.348 e. The van der Waals surface area contributed by atoms with E-state index in [0.717, 1.165) is 25.2 Å².